The summed E-state index contributed by atoms with van der Waals surface area (Å²) < 4.78 is 15.4. The number of anilines is 1. The van der Waals surface area contributed by atoms with Gasteiger partial charge >= 0.3 is 0 Å². The Labute approximate surface area is 134 Å². The van der Waals surface area contributed by atoms with Gasteiger partial charge in [-0.05, 0) is 36.4 Å². The fourth-order valence-corrected chi connectivity index (χ4v) is 2.77. The molecule has 0 atom stereocenters. The Balaban J connectivity index is 2.07. The molecule has 1 aromatic heterocycles. The van der Waals surface area contributed by atoms with Crippen LogP contribution in [0.5, 0.6) is 0 Å². The van der Waals surface area contributed by atoms with Crippen LogP contribution in [0.15, 0.2) is 53.1 Å². The fraction of sp³-hybridized carbons (Fsp3) is 0. The highest BCUT2D eigenvalue weighted by molar-refractivity contribution is 9.10. The smallest absolute Gasteiger partial charge is 0.123 e. The first-order valence-corrected chi connectivity index (χ1v) is 7.28. The van der Waals surface area contributed by atoms with Crippen molar-refractivity contribution in [1.29, 1.82) is 0 Å². The maximum Gasteiger partial charge on any atom is 0.123 e. The number of aromatic nitrogens is 2. The molecule has 21 heavy (non-hydrogen) atoms. The van der Waals surface area contributed by atoms with E-state index in [-0.39, 0.29) is 5.82 Å². The molecule has 6 heteroatoms. The predicted octanol–water partition coefficient (Wildman–Crippen LogP) is 4.68. The van der Waals surface area contributed by atoms with Crippen molar-refractivity contribution in [1.82, 2.24) is 9.78 Å². The minimum atomic E-state index is -0.296. The second kappa shape index (κ2) is 5.50. The largest absolute Gasteiger partial charge is 0.396 e. The van der Waals surface area contributed by atoms with Gasteiger partial charge in [0.15, 0.2) is 0 Å². The molecule has 3 nitrogen and oxygen atoms in total. The molecule has 1 heterocycles. The average Bonchev–Trinajstić information content (AvgIpc) is 2.81. The topological polar surface area (TPSA) is 43.8 Å². The number of hydrogen-bond donors (Lipinski definition) is 1. The van der Waals surface area contributed by atoms with Gasteiger partial charge in [-0.25, -0.2) is 9.07 Å². The Kier molecular flexibility index (Phi) is 3.69. The SMILES string of the molecule is Nc1cn(-c2ccc(F)cc2)nc1-c1ccc(Br)cc1Cl. The normalized spacial score (nSPS) is 10.8. The summed E-state index contributed by atoms with van der Waals surface area (Å²) in [5.41, 5.74) is 8.59. The molecule has 0 saturated carbocycles. The lowest BCUT2D eigenvalue weighted by molar-refractivity contribution is 0.627. The molecule has 0 spiro atoms. The standard InChI is InChI=1S/C15H10BrClFN3/c16-9-1-6-12(13(17)7-9)15-14(19)8-21(20-15)11-4-2-10(18)3-5-11/h1-8H,19H2. The summed E-state index contributed by atoms with van der Waals surface area (Å²) >= 11 is 9.59. The zero-order valence-electron chi connectivity index (χ0n) is 10.7. The van der Waals surface area contributed by atoms with E-state index in [4.69, 9.17) is 17.3 Å². The van der Waals surface area contributed by atoms with Crippen LogP contribution in [0.3, 0.4) is 0 Å². The van der Waals surface area contributed by atoms with Gasteiger partial charge in [0.25, 0.3) is 0 Å². The zero-order chi connectivity index (χ0) is 15.0. The van der Waals surface area contributed by atoms with E-state index in [0.29, 0.717) is 16.4 Å². The number of benzene rings is 2. The molecular weight excluding hydrogens is 357 g/mol. The van der Waals surface area contributed by atoms with Gasteiger partial charge in [0, 0.05) is 10.0 Å². The number of nitrogen functional groups attached to an aromatic ring is 1. The summed E-state index contributed by atoms with van der Waals surface area (Å²) in [7, 11) is 0. The maximum absolute atomic E-state index is 13.0. The lowest BCUT2D eigenvalue weighted by Crippen LogP contribution is -1.95. The molecule has 106 valence electrons. The highest BCUT2D eigenvalue weighted by Crippen LogP contribution is 2.33. The molecule has 3 rings (SSSR count). The van der Waals surface area contributed by atoms with Crippen molar-refractivity contribution in [2.75, 3.05) is 5.73 Å². The van der Waals surface area contributed by atoms with Gasteiger partial charge in [-0.2, -0.15) is 5.10 Å². The van der Waals surface area contributed by atoms with Crippen LogP contribution in [-0.4, -0.2) is 9.78 Å². The van der Waals surface area contributed by atoms with E-state index in [1.165, 1.54) is 12.1 Å². The Morgan fingerprint density at radius 1 is 1.14 bits per heavy atom. The van der Waals surface area contributed by atoms with Crippen molar-refractivity contribution in [2.24, 2.45) is 0 Å². The summed E-state index contributed by atoms with van der Waals surface area (Å²) in [5.74, 6) is -0.296. The molecule has 2 N–H and O–H groups in total. The molecule has 0 amide bonds. The van der Waals surface area contributed by atoms with Crippen LogP contribution >= 0.6 is 27.5 Å². The maximum atomic E-state index is 13.0. The Morgan fingerprint density at radius 3 is 2.52 bits per heavy atom. The van der Waals surface area contributed by atoms with Gasteiger partial charge in [0.2, 0.25) is 0 Å². The molecule has 0 saturated heterocycles. The van der Waals surface area contributed by atoms with Crippen LogP contribution in [0.25, 0.3) is 16.9 Å². The lowest BCUT2D eigenvalue weighted by atomic mass is 10.1. The third-order valence-electron chi connectivity index (χ3n) is 3.02. The van der Waals surface area contributed by atoms with E-state index < -0.39 is 0 Å². The van der Waals surface area contributed by atoms with E-state index in [1.54, 1.807) is 29.1 Å². The molecule has 0 radical (unpaired) electrons. The number of nitrogens with zero attached hydrogens (tertiary/aromatic N) is 2. The number of rotatable bonds is 2. The quantitative estimate of drug-likeness (QED) is 0.716. The van der Waals surface area contributed by atoms with Crippen LogP contribution in [0.2, 0.25) is 5.02 Å². The first-order valence-electron chi connectivity index (χ1n) is 6.11. The highest BCUT2D eigenvalue weighted by atomic mass is 79.9. The van der Waals surface area contributed by atoms with E-state index in [9.17, 15) is 4.39 Å². The molecule has 0 fully saturated rings. The monoisotopic (exact) mass is 365 g/mol. The van der Waals surface area contributed by atoms with Crippen molar-refractivity contribution in [3.63, 3.8) is 0 Å². The van der Waals surface area contributed by atoms with Crippen LogP contribution in [0.4, 0.5) is 10.1 Å². The highest BCUT2D eigenvalue weighted by Gasteiger charge is 2.13. The van der Waals surface area contributed by atoms with Crippen molar-refractivity contribution in [3.8, 4) is 16.9 Å². The van der Waals surface area contributed by atoms with Gasteiger partial charge in [-0.1, -0.05) is 33.6 Å². The number of halogens is 3. The first-order chi connectivity index (χ1) is 10.0. The van der Waals surface area contributed by atoms with E-state index >= 15 is 0 Å². The molecule has 3 aromatic rings. The van der Waals surface area contributed by atoms with Crippen LogP contribution in [-0.2, 0) is 0 Å². The molecule has 0 aliphatic heterocycles. The molecular formula is C15H10BrClFN3. The molecule has 0 unspecified atom stereocenters. The van der Waals surface area contributed by atoms with Gasteiger partial charge in [0.1, 0.15) is 11.5 Å². The Morgan fingerprint density at radius 2 is 1.86 bits per heavy atom. The molecule has 0 bridgehead atoms. The first kappa shape index (κ1) is 14.1. The van der Waals surface area contributed by atoms with Gasteiger partial charge < -0.3 is 5.73 Å². The minimum Gasteiger partial charge on any atom is -0.396 e. The van der Waals surface area contributed by atoms with E-state index in [2.05, 4.69) is 21.0 Å². The lowest BCUT2D eigenvalue weighted by Gasteiger charge is -2.03. The molecule has 0 aliphatic carbocycles. The second-order valence-electron chi connectivity index (χ2n) is 4.48. The number of hydrogen-bond acceptors (Lipinski definition) is 2. The fourth-order valence-electron chi connectivity index (χ4n) is 2.00. The summed E-state index contributed by atoms with van der Waals surface area (Å²) in [4.78, 5) is 0. The van der Waals surface area contributed by atoms with E-state index in [1.807, 2.05) is 12.1 Å². The van der Waals surface area contributed by atoms with Gasteiger partial charge in [0.05, 0.1) is 22.6 Å². The van der Waals surface area contributed by atoms with Gasteiger partial charge in [-0.15, -0.1) is 0 Å². The van der Waals surface area contributed by atoms with Crippen molar-refractivity contribution < 1.29 is 4.39 Å². The third kappa shape index (κ3) is 2.80. The second-order valence-corrected chi connectivity index (χ2v) is 5.80. The van der Waals surface area contributed by atoms with Crippen molar-refractivity contribution in [3.05, 3.63) is 64.0 Å². The minimum absolute atomic E-state index is 0.296. The van der Waals surface area contributed by atoms with Crippen molar-refractivity contribution >= 4 is 33.2 Å². The Bertz CT molecular complexity index is 799. The predicted molar refractivity (Wildman–Crippen MR) is 86.1 cm³/mol. The van der Waals surface area contributed by atoms with E-state index in [0.717, 1.165) is 15.7 Å². The number of nitrogens with two attached hydrogens (primary N) is 1. The Hall–Kier alpha value is -1.85. The average molecular weight is 367 g/mol. The summed E-state index contributed by atoms with van der Waals surface area (Å²) in [6.07, 6.45) is 1.68. The molecule has 0 aliphatic rings. The summed E-state index contributed by atoms with van der Waals surface area (Å²) in [6, 6.07) is 11.5. The van der Waals surface area contributed by atoms with Crippen LogP contribution in [0.1, 0.15) is 0 Å². The summed E-state index contributed by atoms with van der Waals surface area (Å²) in [5, 5.41) is 5.00. The van der Waals surface area contributed by atoms with Crippen molar-refractivity contribution in [2.45, 2.75) is 0 Å². The zero-order valence-corrected chi connectivity index (χ0v) is 13.1. The van der Waals surface area contributed by atoms with Gasteiger partial charge in [-0.3, -0.25) is 0 Å². The summed E-state index contributed by atoms with van der Waals surface area (Å²) in [6.45, 7) is 0. The van der Waals surface area contributed by atoms with Crippen LogP contribution < -0.4 is 5.73 Å². The molecule has 2 aromatic carbocycles. The third-order valence-corrected chi connectivity index (χ3v) is 3.83. The van der Waals surface area contributed by atoms with Crippen LogP contribution in [0, 0.1) is 5.82 Å².